The Morgan fingerprint density at radius 3 is 2.90 bits per heavy atom. The van der Waals surface area contributed by atoms with Gasteiger partial charge < -0.3 is 10.3 Å². The van der Waals surface area contributed by atoms with Gasteiger partial charge in [0.1, 0.15) is 6.04 Å². The highest BCUT2D eigenvalue weighted by Gasteiger charge is 2.44. The van der Waals surface area contributed by atoms with Gasteiger partial charge in [-0.3, -0.25) is 0 Å². The number of hydrogen-bond acceptors (Lipinski definition) is 0. The summed E-state index contributed by atoms with van der Waals surface area (Å²) in [7, 11) is 0. The Morgan fingerprint density at radius 2 is 2.05 bits per heavy atom. The van der Waals surface area contributed by atoms with Gasteiger partial charge in [-0.15, -0.1) is 0 Å². The fourth-order valence-electron chi connectivity index (χ4n) is 4.61. The lowest BCUT2D eigenvalue weighted by Crippen LogP contribution is -2.93. The van der Waals surface area contributed by atoms with Crippen LogP contribution in [0.3, 0.4) is 0 Å². The molecule has 0 unspecified atom stereocenters. The highest BCUT2D eigenvalue weighted by Crippen LogP contribution is 2.46. The number of nitrogens with one attached hydrogen (secondary N) is 1. The summed E-state index contributed by atoms with van der Waals surface area (Å²) in [4.78, 5) is 3.69. The van der Waals surface area contributed by atoms with E-state index in [-0.39, 0.29) is 0 Å². The van der Waals surface area contributed by atoms with E-state index in [1.165, 1.54) is 35.9 Å². The number of fused-ring (bicyclic) bond motifs is 5. The molecule has 1 aromatic carbocycles. The summed E-state index contributed by atoms with van der Waals surface area (Å²) in [5.74, 6) is 0.741. The fourth-order valence-corrected chi connectivity index (χ4v) is 4.61. The number of hydrogen-bond donors (Lipinski definition) is 2. The van der Waals surface area contributed by atoms with Crippen LogP contribution in [0, 0.1) is 5.41 Å². The van der Waals surface area contributed by atoms with Crippen molar-refractivity contribution in [2.24, 2.45) is 5.41 Å². The van der Waals surface area contributed by atoms with Crippen molar-refractivity contribution in [3.63, 3.8) is 0 Å². The number of H-pyrrole nitrogens is 1. The molecule has 106 valence electrons. The maximum atomic E-state index is 3.69. The molecule has 2 heteroatoms. The van der Waals surface area contributed by atoms with E-state index in [1.807, 2.05) is 0 Å². The minimum Gasteiger partial charge on any atom is -0.353 e. The SMILES string of the molecule is C[C@@H]1[NH2+][C@H]2CC(C)(C)CC[C@@H]2c2c1[nH]c1ccccc21. The zero-order chi connectivity index (χ0) is 13.9. The van der Waals surface area contributed by atoms with Crippen molar-refractivity contribution in [1.29, 1.82) is 0 Å². The summed E-state index contributed by atoms with van der Waals surface area (Å²) >= 11 is 0. The van der Waals surface area contributed by atoms with E-state index >= 15 is 0 Å². The zero-order valence-electron chi connectivity index (χ0n) is 12.7. The van der Waals surface area contributed by atoms with Crippen LogP contribution in [0.4, 0.5) is 0 Å². The number of quaternary nitrogens is 1. The molecule has 0 bridgehead atoms. The molecule has 2 aliphatic rings. The first-order valence-corrected chi connectivity index (χ1v) is 8.01. The molecule has 2 aromatic rings. The second kappa shape index (κ2) is 4.11. The average molecular weight is 269 g/mol. The summed E-state index contributed by atoms with van der Waals surface area (Å²) < 4.78 is 0. The number of nitrogens with two attached hydrogens (primary N) is 1. The van der Waals surface area contributed by atoms with E-state index in [0.29, 0.717) is 11.5 Å². The molecule has 0 amide bonds. The Labute approximate surface area is 121 Å². The van der Waals surface area contributed by atoms with Crippen LogP contribution in [0.2, 0.25) is 0 Å². The van der Waals surface area contributed by atoms with Gasteiger partial charge >= 0.3 is 0 Å². The monoisotopic (exact) mass is 269 g/mol. The van der Waals surface area contributed by atoms with Gasteiger partial charge in [-0.2, -0.15) is 0 Å². The predicted molar refractivity (Wildman–Crippen MR) is 82.8 cm³/mol. The summed E-state index contributed by atoms with van der Waals surface area (Å²) in [6.07, 6.45) is 4.05. The minimum absolute atomic E-state index is 0.515. The molecule has 1 aromatic heterocycles. The van der Waals surface area contributed by atoms with Crippen molar-refractivity contribution in [3.8, 4) is 0 Å². The molecule has 1 fully saturated rings. The third kappa shape index (κ3) is 1.74. The molecular formula is C18H25N2+. The van der Waals surface area contributed by atoms with Gasteiger partial charge in [-0.05, 0) is 36.8 Å². The van der Waals surface area contributed by atoms with Crippen molar-refractivity contribution in [3.05, 3.63) is 35.5 Å². The smallest absolute Gasteiger partial charge is 0.124 e. The van der Waals surface area contributed by atoms with E-state index < -0.39 is 0 Å². The predicted octanol–water partition coefficient (Wildman–Crippen LogP) is 3.47. The molecule has 3 atom stereocenters. The molecule has 4 rings (SSSR count). The first-order valence-electron chi connectivity index (χ1n) is 8.01. The molecule has 0 spiro atoms. The first-order chi connectivity index (χ1) is 9.55. The van der Waals surface area contributed by atoms with Crippen LogP contribution < -0.4 is 5.32 Å². The van der Waals surface area contributed by atoms with Crippen LogP contribution in [0.15, 0.2) is 24.3 Å². The van der Waals surface area contributed by atoms with Crippen LogP contribution in [0.25, 0.3) is 10.9 Å². The van der Waals surface area contributed by atoms with Crippen LogP contribution in [0.5, 0.6) is 0 Å². The van der Waals surface area contributed by atoms with E-state index in [1.54, 1.807) is 5.56 Å². The van der Waals surface area contributed by atoms with Gasteiger partial charge in [0.15, 0.2) is 0 Å². The molecule has 1 aliphatic carbocycles. The number of aromatic nitrogens is 1. The first kappa shape index (κ1) is 12.5. The van der Waals surface area contributed by atoms with Crippen LogP contribution in [-0.2, 0) is 0 Å². The summed E-state index contributed by atoms with van der Waals surface area (Å²) in [5.41, 5.74) is 4.95. The van der Waals surface area contributed by atoms with Crippen LogP contribution in [0.1, 0.15) is 63.3 Å². The Balaban J connectivity index is 1.86. The molecule has 0 radical (unpaired) electrons. The lowest BCUT2D eigenvalue weighted by atomic mass is 9.66. The summed E-state index contributed by atoms with van der Waals surface area (Å²) in [5, 5.41) is 4.08. The Bertz CT molecular complexity index is 652. The van der Waals surface area contributed by atoms with Crippen molar-refractivity contribution in [2.45, 2.75) is 58.0 Å². The van der Waals surface area contributed by atoms with E-state index in [4.69, 9.17) is 0 Å². The minimum atomic E-state index is 0.515. The normalized spacial score (nSPS) is 31.9. The van der Waals surface area contributed by atoms with E-state index in [2.05, 4.69) is 55.3 Å². The molecule has 2 heterocycles. The van der Waals surface area contributed by atoms with Crippen LogP contribution >= 0.6 is 0 Å². The number of benzene rings is 1. The highest BCUT2D eigenvalue weighted by molar-refractivity contribution is 5.85. The van der Waals surface area contributed by atoms with E-state index in [9.17, 15) is 0 Å². The van der Waals surface area contributed by atoms with Gasteiger partial charge in [0.2, 0.25) is 0 Å². The summed E-state index contributed by atoms with van der Waals surface area (Å²) in [6.45, 7) is 7.23. The number of para-hydroxylation sites is 1. The standard InChI is InChI=1S/C18H24N2/c1-11-17-16(12-6-4-5-7-14(12)20-17)13-8-9-18(2,3)10-15(13)19-11/h4-7,11,13,15,19-20H,8-10H2,1-3H3/p+1/t11-,13-,15-/m0/s1. The van der Waals surface area contributed by atoms with Gasteiger partial charge in [0.05, 0.1) is 11.7 Å². The molecule has 1 aliphatic heterocycles. The summed E-state index contributed by atoms with van der Waals surface area (Å²) in [6, 6.07) is 10.2. The zero-order valence-corrected chi connectivity index (χ0v) is 12.7. The average Bonchev–Trinajstić information content (AvgIpc) is 2.78. The largest absolute Gasteiger partial charge is 0.353 e. The molecule has 2 nitrogen and oxygen atoms in total. The van der Waals surface area contributed by atoms with Crippen molar-refractivity contribution >= 4 is 10.9 Å². The topological polar surface area (TPSA) is 32.4 Å². The quantitative estimate of drug-likeness (QED) is 0.734. The van der Waals surface area contributed by atoms with Gasteiger partial charge in [0.25, 0.3) is 0 Å². The maximum absolute atomic E-state index is 3.69. The van der Waals surface area contributed by atoms with Crippen molar-refractivity contribution < 1.29 is 5.32 Å². The second-order valence-corrected chi connectivity index (χ2v) is 7.66. The third-order valence-corrected chi connectivity index (χ3v) is 5.58. The van der Waals surface area contributed by atoms with Crippen molar-refractivity contribution in [1.82, 2.24) is 4.98 Å². The Morgan fingerprint density at radius 1 is 1.25 bits per heavy atom. The fraction of sp³-hybridized carbons (Fsp3) is 0.556. The maximum Gasteiger partial charge on any atom is 0.124 e. The Kier molecular flexibility index (Phi) is 2.56. The van der Waals surface area contributed by atoms with Crippen LogP contribution in [-0.4, -0.2) is 11.0 Å². The van der Waals surface area contributed by atoms with Gasteiger partial charge in [-0.1, -0.05) is 32.0 Å². The molecule has 1 saturated carbocycles. The Hall–Kier alpha value is -1.28. The molecule has 3 N–H and O–H groups in total. The van der Waals surface area contributed by atoms with E-state index in [0.717, 1.165) is 12.0 Å². The number of aromatic amines is 1. The van der Waals surface area contributed by atoms with Crippen molar-refractivity contribution in [2.75, 3.05) is 0 Å². The number of rotatable bonds is 0. The molecular weight excluding hydrogens is 244 g/mol. The van der Waals surface area contributed by atoms with Gasteiger partial charge in [-0.25, -0.2) is 0 Å². The molecule has 20 heavy (non-hydrogen) atoms. The lowest BCUT2D eigenvalue weighted by molar-refractivity contribution is -0.735. The third-order valence-electron chi connectivity index (χ3n) is 5.58. The molecule has 0 saturated heterocycles. The second-order valence-electron chi connectivity index (χ2n) is 7.66. The highest BCUT2D eigenvalue weighted by atomic mass is 15.0. The lowest BCUT2D eigenvalue weighted by Gasteiger charge is -2.43. The van der Waals surface area contributed by atoms with Gasteiger partial charge in [0, 0.05) is 23.2 Å².